The molecular formula is C54H35NOS. The van der Waals surface area contributed by atoms with Crippen molar-refractivity contribution < 1.29 is 4.42 Å². The second-order valence-corrected chi connectivity index (χ2v) is 15.5. The van der Waals surface area contributed by atoms with Crippen molar-refractivity contribution in [3.8, 4) is 44.5 Å². The molecule has 0 fully saturated rings. The Balaban J connectivity index is 1.11. The van der Waals surface area contributed by atoms with Crippen LogP contribution in [-0.2, 0) is 0 Å². The molecule has 0 bridgehead atoms. The highest BCUT2D eigenvalue weighted by Crippen LogP contribution is 2.47. The third-order valence-corrected chi connectivity index (χ3v) is 12.3. The Morgan fingerprint density at radius 1 is 0.333 bits per heavy atom. The molecule has 9 aromatic carbocycles. The largest absolute Gasteiger partial charge is 0.456 e. The molecular weight excluding hydrogens is 711 g/mol. The maximum Gasteiger partial charge on any atom is 0.135 e. The summed E-state index contributed by atoms with van der Waals surface area (Å²) in [6.45, 7) is 0. The Labute approximate surface area is 335 Å². The minimum Gasteiger partial charge on any atom is -0.456 e. The van der Waals surface area contributed by atoms with E-state index >= 15 is 0 Å². The molecule has 268 valence electrons. The van der Waals surface area contributed by atoms with Crippen LogP contribution in [0.2, 0.25) is 0 Å². The number of thiophene rings is 1. The van der Waals surface area contributed by atoms with Gasteiger partial charge < -0.3 is 9.32 Å². The van der Waals surface area contributed by atoms with E-state index in [1.165, 1.54) is 59.1 Å². The summed E-state index contributed by atoms with van der Waals surface area (Å²) in [6.07, 6.45) is 0. The lowest BCUT2D eigenvalue weighted by Gasteiger charge is -2.29. The van der Waals surface area contributed by atoms with Gasteiger partial charge in [-0.1, -0.05) is 158 Å². The van der Waals surface area contributed by atoms with E-state index in [1.807, 2.05) is 23.5 Å². The van der Waals surface area contributed by atoms with Gasteiger partial charge in [0.15, 0.2) is 0 Å². The fourth-order valence-electron chi connectivity index (χ4n) is 8.52. The van der Waals surface area contributed by atoms with Crippen LogP contribution >= 0.6 is 11.3 Å². The predicted octanol–water partition coefficient (Wildman–Crippen LogP) is 16.1. The van der Waals surface area contributed by atoms with Crippen molar-refractivity contribution in [1.29, 1.82) is 0 Å². The topological polar surface area (TPSA) is 16.4 Å². The normalized spacial score (nSPS) is 11.5. The van der Waals surface area contributed by atoms with Crippen molar-refractivity contribution in [1.82, 2.24) is 0 Å². The van der Waals surface area contributed by atoms with E-state index < -0.39 is 0 Å². The number of benzene rings is 9. The van der Waals surface area contributed by atoms with Gasteiger partial charge in [0.25, 0.3) is 0 Å². The van der Waals surface area contributed by atoms with Crippen molar-refractivity contribution in [2.75, 3.05) is 4.90 Å². The van der Waals surface area contributed by atoms with Gasteiger partial charge in [-0.3, -0.25) is 0 Å². The smallest absolute Gasteiger partial charge is 0.135 e. The van der Waals surface area contributed by atoms with Gasteiger partial charge >= 0.3 is 0 Å². The zero-order chi connectivity index (χ0) is 37.7. The molecule has 0 saturated carbocycles. The van der Waals surface area contributed by atoms with Gasteiger partial charge in [0, 0.05) is 47.9 Å². The van der Waals surface area contributed by atoms with E-state index in [9.17, 15) is 0 Å². The quantitative estimate of drug-likeness (QED) is 0.162. The number of nitrogens with zero attached hydrogens (tertiary/aromatic N) is 1. The summed E-state index contributed by atoms with van der Waals surface area (Å²) >= 11 is 1.86. The molecule has 0 atom stereocenters. The summed E-state index contributed by atoms with van der Waals surface area (Å²) in [4.78, 5) is 2.40. The van der Waals surface area contributed by atoms with Gasteiger partial charge in [0.2, 0.25) is 0 Å². The van der Waals surface area contributed by atoms with Crippen molar-refractivity contribution >= 4 is 70.5 Å². The Morgan fingerprint density at radius 3 is 1.68 bits per heavy atom. The molecule has 2 heterocycles. The van der Waals surface area contributed by atoms with Crippen molar-refractivity contribution in [2.45, 2.75) is 0 Å². The van der Waals surface area contributed by atoms with Crippen LogP contribution in [0.15, 0.2) is 217 Å². The molecule has 0 amide bonds. The van der Waals surface area contributed by atoms with E-state index in [0.717, 1.165) is 44.6 Å². The molecule has 11 aromatic rings. The monoisotopic (exact) mass is 745 g/mol. The van der Waals surface area contributed by atoms with E-state index in [1.54, 1.807) is 0 Å². The molecule has 0 aliphatic rings. The molecule has 0 saturated heterocycles. The second kappa shape index (κ2) is 13.8. The highest BCUT2D eigenvalue weighted by Gasteiger charge is 2.22. The minimum atomic E-state index is 0.877. The van der Waals surface area contributed by atoms with E-state index in [0.29, 0.717) is 0 Å². The van der Waals surface area contributed by atoms with E-state index in [-0.39, 0.29) is 0 Å². The number of anilines is 3. The second-order valence-electron chi connectivity index (χ2n) is 14.4. The third-order valence-electron chi connectivity index (χ3n) is 11.1. The number of hydrogen-bond acceptors (Lipinski definition) is 3. The van der Waals surface area contributed by atoms with Gasteiger partial charge in [-0.05, 0) is 93.5 Å². The van der Waals surface area contributed by atoms with Gasteiger partial charge in [0.05, 0.1) is 5.69 Å². The van der Waals surface area contributed by atoms with Crippen molar-refractivity contribution in [3.05, 3.63) is 212 Å². The average Bonchev–Trinajstić information content (AvgIpc) is 3.86. The summed E-state index contributed by atoms with van der Waals surface area (Å²) in [5.41, 5.74) is 14.5. The Bertz CT molecular complexity index is 3250. The summed E-state index contributed by atoms with van der Waals surface area (Å²) in [5.74, 6) is 0. The number of hydrogen-bond donors (Lipinski definition) is 0. The predicted molar refractivity (Wildman–Crippen MR) is 243 cm³/mol. The fraction of sp³-hybridized carbons (Fsp3) is 0. The molecule has 57 heavy (non-hydrogen) atoms. The van der Waals surface area contributed by atoms with Crippen LogP contribution in [0.25, 0.3) is 86.6 Å². The van der Waals surface area contributed by atoms with Crippen LogP contribution in [0.5, 0.6) is 0 Å². The summed E-state index contributed by atoms with van der Waals surface area (Å²) < 4.78 is 8.93. The first kappa shape index (κ1) is 33.2. The maximum atomic E-state index is 6.31. The third kappa shape index (κ3) is 5.71. The first-order chi connectivity index (χ1) is 28.3. The van der Waals surface area contributed by atoms with Gasteiger partial charge in [-0.2, -0.15) is 0 Å². The van der Waals surface area contributed by atoms with Crippen LogP contribution in [0.4, 0.5) is 17.1 Å². The summed E-state index contributed by atoms with van der Waals surface area (Å²) in [7, 11) is 0. The first-order valence-electron chi connectivity index (χ1n) is 19.3. The Kier molecular flexibility index (Phi) is 8.04. The lowest BCUT2D eigenvalue weighted by molar-refractivity contribution is 0.669. The zero-order valence-corrected chi connectivity index (χ0v) is 31.8. The molecule has 0 aliphatic heterocycles. The van der Waals surface area contributed by atoms with Crippen LogP contribution in [-0.4, -0.2) is 0 Å². The summed E-state index contributed by atoms with van der Waals surface area (Å²) in [6, 6.07) is 76.4. The number of rotatable bonds is 7. The molecule has 0 spiro atoms. The van der Waals surface area contributed by atoms with Crippen LogP contribution in [0, 0.1) is 0 Å². The number of fused-ring (bicyclic) bond motifs is 6. The van der Waals surface area contributed by atoms with Gasteiger partial charge in [-0.25, -0.2) is 0 Å². The lowest BCUT2D eigenvalue weighted by atomic mass is 9.88. The molecule has 3 heteroatoms. The highest BCUT2D eigenvalue weighted by atomic mass is 32.1. The summed E-state index contributed by atoms with van der Waals surface area (Å²) in [5, 5.41) is 4.82. The van der Waals surface area contributed by atoms with Gasteiger partial charge in [0.1, 0.15) is 11.2 Å². The highest BCUT2D eigenvalue weighted by molar-refractivity contribution is 7.25. The van der Waals surface area contributed by atoms with Gasteiger partial charge in [-0.15, -0.1) is 11.3 Å². The molecule has 2 aromatic heterocycles. The first-order valence-corrected chi connectivity index (χ1v) is 20.2. The van der Waals surface area contributed by atoms with Crippen LogP contribution in [0.1, 0.15) is 0 Å². The fourth-order valence-corrected chi connectivity index (χ4v) is 9.65. The standard InChI is InChI=1S/C54H35NOS/c1-2-15-36(16-3-1)40-17-4-5-18-42(40)43-19-6-7-20-44(43)45-21-8-11-25-49(45)55(39-33-34-51-48(35-39)46-22-9-12-26-50(46)56-51)38-31-29-37(30-32-38)41-24-14-28-53-54(41)47-23-10-13-27-52(47)57-53/h1-35H. The zero-order valence-electron chi connectivity index (χ0n) is 31.0. The molecule has 0 radical (unpaired) electrons. The van der Waals surface area contributed by atoms with Crippen LogP contribution in [0.3, 0.4) is 0 Å². The Morgan fingerprint density at radius 2 is 0.877 bits per heavy atom. The minimum absolute atomic E-state index is 0.877. The molecule has 0 N–H and O–H groups in total. The SMILES string of the molecule is c1ccc(-c2ccccc2-c2ccccc2-c2ccccc2N(c2ccc(-c3cccc4sc5ccccc5c34)cc2)c2ccc3oc4ccccc4c3c2)cc1. The molecule has 0 aliphatic carbocycles. The Hall–Kier alpha value is -7.20. The van der Waals surface area contributed by atoms with Crippen LogP contribution < -0.4 is 4.90 Å². The lowest BCUT2D eigenvalue weighted by Crippen LogP contribution is -2.11. The van der Waals surface area contributed by atoms with E-state index in [4.69, 9.17) is 4.42 Å². The molecule has 11 rings (SSSR count). The molecule has 2 nitrogen and oxygen atoms in total. The average molecular weight is 746 g/mol. The van der Waals surface area contributed by atoms with E-state index in [2.05, 4.69) is 205 Å². The maximum absolute atomic E-state index is 6.31. The molecule has 0 unspecified atom stereocenters. The van der Waals surface area contributed by atoms with Crippen molar-refractivity contribution in [2.24, 2.45) is 0 Å². The number of para-hydroxylation sites is 2. The van der Waals surface area contributed by atoms with Crippen molar-refractivity contribution in [3.63, 3.8) is 0 Å². The number of furan rings is 1.